The van der Waals surface area contributed by atoms with Crippen molar-refractivity contribution in [2.75, 3.05) is 17.4 Å². The van der Waals surface area contributed by atoms with Crippen LogP contribution in [0.3, 0.4) is 0 Å². The van der Waals surface area contributed by atoms with Gasteiger partial charge in [-0.3, -0.25) is 0 Å². The van der Waals surface area contributed by atoms with Crippen molar-refractivity contribution in [3.8, 4) is 11.5 Å². The third kappa shape index (κ3) is 3.63. The molecule has 4 rings (SSSR count). The number of hydrogen-bond acceptors (Lipinski definition) is 6. The molecule has 2 heterocycles. The van der Waals surface area contributed by atoms with Crippen LogP contribution < -0.4 is 20.1 Å². The van der Waals surface area contributed by atoms with E-state index in [1.54, 1.807) is 6.20 Å². The molecule has 0 aliphatic carbocycles. The predicted molar refractivity (Wildman–Crippen MR) is 96.4 cm³/mol. The zero-order valence-corrected chi connectivity index (χ0v) is 13.8. The lowest BCUT2D eigenvalue weighted by molar-refractivity contribution is 0.174. The molecule has 126 valence electrons. The van der Waals surface area contributed by atoms with Crippen LogP contribution in [0.25, 0.3) is 0 Å². The lowest BCUT2D eigenvalue weighted by Gasteiger charge is -2.09. The van der Waals surface area contributed by atoms with Crippen molar-refractivity contribution in [1.82, 2.24) is 9.97 Å². The normalized spacial score (nSPS) is 12.0. The van der Waals surface area contributed by atoms with Gasteiger partial charge < -0.3 is 20.1 Å². The Morgan fingerprint density at radius 2 is 1.84 bits per heavy atom. The molecular formula is C19H18N4O2. The number of aromatic nitrogens is 2. The lowest BCUT2D eigenvalue weighted by atomic mass is 10.2. The molecule has 0 fully saturated rings. The van der Waals surface area contributed by atoms with Crippen molar-refractivity contribution in [2.24, 2.45) is 0 Å². The number of hydrogen-bond donors (Lipinski definition) is 2. The van der Waals surface area contributed by atoms with Crippen LogP contribution >= 0.6 is 0 Å². The average molecular weight is 334 g/mol. The highest BCUT2D eigenvalue weighted by Gasteiger charge is 2.13. The minimum atomic E-state index is 0.284. The van der Waals surface area contributed by atoms with E-state index < -0.39 is 0 Å². The summed E-state index contributed by atoms with van der Waals surface area (Å²) in [6, 6.07) is 15.8. The highest BCUT2D eigenvalue weighted by atomic mass is 16.7. The maximum atomic E-state index is 5.40. The van der Waals surface area contributed by atoms with Crippen LogP contribution in [-0.4, -0.2) is 16.8 Å². The summed E-state index contributed by atoms with van der Waals surface area (Å²) in [5.41, 5.74) is 3.26. The van der Waals surface area contributed by atoms with Gasteiger partial charge in [-0.2, -0.15) is 4.98 Å². The van der Waals surface area contributed by atoms with Crippen molar-refractivity contribution >= 4 is 17.5 Å². The quantitative estimate of drug-likeness (QED) is 0.738. The van der Waals surface area contributed by atoms with E-state index in [0.29, 0.717) is 12.5 Å². The third-order valence-electron chi connectivity index (χ3n) is 3.87. The number of aryl methyl sites for hydroxylation is 1. The zero-order valence-electron chi connectivity index (χ0n) is 13.8. The molecule has 0 amide bonds. The van der Waals surface area contributed by atoms with Gasteiger partial charge in [-0.1, -0.05) is 23.8 Å². The Kier molecular flexibility index (Phi) is 4.08. The second-order valence-electron chi connectivity index (χ2n) is 5.80. The Morgan fingerprint density at radius 3 is 2.72 bits per heavy atom. The van der Waals surface area contributed by atoms with Gasteiger partial charge in [0.25, 0.3) is 0 Å². The Labute approximate surface area is 145 Å². The molecule has 0 spiro atoms. The minimum absolute atomic E-state index is 0.284. The van der Waals surface area contributed by atoms with Crippen LogP contribution in [0.5, 0.6) is 11.5 Å². The fourth-order valence-electron chi connectivity index (χ4n) is 2.53. The summed E-state index contributed by atoms with van der Waals surface area (Å²) >= 11 is 0. The highest BCUT2D eigenvalue weighted by Crippen LogP contribution is 2.32. The molecule has 2 aromatic carbocycles. The molecule has 0 saturated heterocycles. The third-order valence-corrected chi connectivity index (χ3v) is 3.87. The first-order valence-electron chi connectivity index (χ1n) is 8.05. The Hall–Kier alpha value is -3.28. The van der Waals surface area contributed by atoms with Crippen molar-refractivity contribution in [3.63, 3.8) is 0 Å². The first kappa shape index (κ1) is 15.3. The van der Waals surface area contributed by atoms with Gasteiger partial charge in [0.2, 0.25) is 12.7 Å². The largest absolute Gasteiger partial charge is 0.454 e. The number of nitrogens with one attached hydrogen (secondary N) is 2. The molecule has 3 aromatic rings. The van der Waals surface area contributed by atoms with Gasteiger partial charge >= 0.3 is 0 Å². The Morgan fingerprint density at radius 1 is 1.00 bits per heavy atom. The molecule has 0 radical (unpaired) electrons. The molecule has 6 nitrogen and oxygen atoms in total. The van der Waals surface area contributed by atoms with Crippen molar-refractivity contribution in [2.45, 2.75) is 13.5 Å². The van der Waals surface area contributed by atoms with Crippen LogP contribution in [0.2, 0.25) is 0 Å². The van der Waals surface area contributed by atoms with E-state index in [2.05, 4.69) is 27.5 Å². The molecule has 0 bridgehead atoms. The smallest absolute Gasteiger partial charge is 0.231 e. The van der Waals surface area contributed by atoms with E-state index >= 15 is 0 Å². The number of nitrogens with zero attached hydrogens (tertiary/aromatic N) is 2. The Bertz CT molecular complexity index is 881. The summed E-state index contributed by atoms with van der Waals surface area (Å²) in [5, 5.41) is 6.50. The van der Waals surface area contributed by atoms with Gasteiger partial charge in [0.05, 0.1) is 0 Å². The zero-order chi connectivity index (χ0) is 17.1. The molecule has 25 heavy (non-hydrogen) atoms. The van der Waals surface area contributed by atoms with Gasteiger partial charge in [0, 0.05) is 18.4 Å². The van der Waals surface area contributed by atoms with Gasteiger partial charge in [0.15, 0.2) is 11.5 Å². The summed E-state index contributed by atoms with van der Waals surface area (Å²) in [7, 11) is 0. The maximum absolute atomic E-state index is 5.40. The molecule has 6 heteroatoms. The van der Waals surface area contributed by atoms with E-state index in [1.807, 2.05) is 48.5 Å². The van der Waals surface area contributed by atoms with E-state index in [0.717, 1.165) is 28.6 Å². The highest BCUT2D eigenvalue weighted by molar-refractivity contribution is 5.55. The topological polar surface area (TPSA) is 68.3 Å². The number of benzene rings is 2. The fraction of sp³-hybridized carbons (Fsp3) is 0.158. The van der Waals surface area contributed by atoms with Crippen LogP contribution in [0, 0.1) is 6.92 Å². The predicted octanol–water partition coefficient (Wildman–Crippen LogP) is 3.87. The molecule has 0 saturated carbocycles. The summed E-state index contributed by atoms with van der Waals surface area (Å²) in [6.45, 7) is 2.98. The summed E-state index contributed by atoms with van der Waals surface area (Å²) in [6.07, 6.45) is 1.73. The SMILES string of the molecule is Cc1ccc(Nc2nccc(NCc3ccc4c(c3)OCO4)n2)cc1. The maximum Gasteiger partial charge on any atom is 0.231 e. The van der Waals surface area contributed by atoms with Gasteiger partial charge in [0.1, 0.15) is 5.82 Å². The van der Waals surface area contributed by atoms with Gasteiger partial charge in [-0.05, 0) is 42.8 Å². The minimum Gasteiger partial charge on any atom is -0.454 e. The number of ether oxygens (including phenoxy) is 2. The fourth-order valence-corrected chi connectivity index (χ4v) is 2.53. The summed E-state index contributed by atoms with van der Waals surface area (Å²) < 4.78 is 10.7. The molecule has 1 aliphatic rings. The van der Waals surface area contributed by atoms with Crippen LogP contribution in [-0.2, 0) is 6.54 Å². The molecule has 1 aliphatic heterocycles. The lowest BCUT2D eigenvalue weighted by Crippen LogP contribution is -2.04. The average Bonchev–Trinajstić information content (AvgIpc) is 3.10. The number of rotatable bonds is 5. The first-order chi connectivity index (χ1) is 12.3. The van der Waals surface area contributed by atoms with E-state index in [4.69, 9.17) is 9.47 Å². The molecule has 1 aromatic heterocycles. The van der Waals surface area contributed by atoms with Crippen LogP contribution in [0.15, 0.2) is 54.7 Å². The van der Waals surface area contributed by atoms with Crippen molar-refractivity contribution in [1.29, 1.82) is 0 Å². The first-order valence-corrected chi connectivity index (χ1v) is 8.05. The second kappa shape index (κ2) is 6.68. The van der Waals surface area contributed by atoms with E-state index in [1.165, 1.54) is 5.56 Å². The number of anilines is 3. The van der Waals surface area contributed by atoms with E-state index in [-0.39, 0.29) is 6.79 Å². The van der Waals surface area contributed by atoms with Crippen LogP contribution in [0.1, 0.15) is 11.1 Å². The standard InChI is InChI=1S/C19H18N4O2/c1-13-2-5-15(6-3-13)22-19-20-9-8-18(23-19)21-11-14-4-7-16-17(10-14)25-12-24-16/h2-10H,11-12H2,1H3,(H2,20,21,22,23). The number of fused-ring (bicyclic) bond motifs is 1. The summed E-state index contributed by atoms with van der Waals surface area (Å²) in [4.78, 5) is 8.75. The molecular weight excluding hydrogens is 316 g/mol. The molecule has 0 unspecified atom stereocenters. The van der Waals surface area contributed by atoms with Crippen molar-refractivity contribution in [3.05, 3.63) is 65.9 Å². The van der Waals surface area contributed by atoms with Gasteiger partial charge in [-0.25, -0.2) is 4.98 Å². The molecule has 0 atom stereocenters. The van der Waals surface area contributed by atoms with Crippen molar-refractivity contribution < 1.29 is 9.47 Å². The monoisotopic (exact) mass is 334 g/mol. The van der Waals surface area contributed by atoms with Gasteiger partial charge in [-0.15, -0.1) is 0 Å². The van der Waals surface area contributed by atoms with Crippen LogP contribution in [0.4, 0.5) is 17.5 Å². The van der Waals surface area contributed by atoms with E-state index in [9.17, 15) is 0 Å². The Balaban J connectivity index is 1.42. The molecule has 2 N–H and O–H groups in total. The second-order valence-corrected chi connectivity index (χ2v) is 5.80. The summed E-state index contributed by atoms with van der Waals surface area (Å²) in [5.74, 6) is 2.88.